The molecule has 1 aliphatic carbocycles. The van der Waals surface area contributed by atoms with Crippen LogP contribution in [-0.2, 0) is 9.53 Å². The third kappa shape index (κ3) is 1.04. The molecule has 4 N–H and O–H groups in total. The van der Waals surface area contributed by atoms with E-state index in [0.717, 1.165) is 0 Å². The number of aliphatic hydroxyl groups is 3. The van der Waals surface area contributed by atoms with Gasteiger partial charge < -0.3 is 25.2 Å². The van der Waals surface area contributed by atoms with Crippen molar-refractivity contribution in [3.05, 3.63) is 0 Å². The molecule has 14 heavy (non-hydrogen) atoms. The molecule has 6 nitrogen and oxygen atoms in total. The smallest absolute Gasteiger partial charge is 0.335 e. The number of fused-ring (bicyclic) bond motifs is 1. The maximum absolute atomic E-state index is 10.8. The largest absolute Gasteiger partial charge is 0.479 e. The van der Waals surface area contributed by atoms with Crippen LogP contribution in [0.4, 0.5) is 0 Å². The fourth-order valence-corrected chi connectivity index (χ4v) is 2.29. The van der Waals surface area contributed by atoms with E-state index in [-0.39, 0.29) is 12.8 Å². The molecule has 3 rings (SSSR count). The Morgan fingerprint density at radius 1 is 1.43 bits per heavy atom. The van der Waals surface area contributed by atoms with E-state index in [2.05, 4.69) is 0 Å². The number of carboxylic acid groups (broad SMARTS) is 1. The van der Waals surface area contributed by atoms with Crippen molar-refractivity contribution < 1.29 is 30.0 Å². The zero-order chi connectivity index (χ0) is 10.8. The molecule has 2 heterocycles. The van der Waals surface area contributed by atoms with Crippen molar-refractivity contribution in [3.63, 3.8) is 0 Å². The topological polar surface area (TPSA) is 107 Å². The Morgan fingerprint density at radius 2 is 1.93 bits per heavy atom. The molecule has 2 bridgehead atoms. The van der Waals surface area contributed by atoms with Gasteiger partial charge >= 0.3 is 11.9 Å². The van der Waals surface area contributed by atoms with Gasteiger partial charge in [-0.15, -0.1) is 0 Å². The number of hydrogen-bond donors (Lipinski definition) is 4. The first-order chi connectivity index (χ1) is 6.20. The molecule has 1 atom stereocenters. The standard InChI is InChI=1S/C7H9BO6/c8-5-1-6(2-5,4(9)10)14-3(5)7(11,12)13/h3,11-13H,1-2H2,(H,9,10). The number of rotatable bonds is 2. The highest BCUT2D eigenvalue weighted by molar-refractivity contribution is 6.18. The lowest BCUT2D eigenvalue weighted by Gasteiger charge is -2.41. The Balaban J connectivity index is 2.25. The van der Waals surface area contributed by atoms with E-state index < -0.39 is 29.0 Å². The quantitative estimate of drug-likeness (QED) is 0.302. The van der Waals surface area contributed by atoms with Gasteiger partial charge in [-0.3, -0.25) is 0 Å². The maximum atomic E-state index is 10.8. The summed E-state index contributed by atoms with van der Waals surface area (Å²) in [5.74, 6) is -4.30. The number of ether oxygens (including phenoxy) is 1. The molecule has 3 fully saturated rings. The Hall–Kier alpha value is -0.625. The summed E-state index contributed by atoms with van der Waals surface area (Å²) in [6.07, 6.45) is -1.53. The van der Waals surface area contributed by atoms with Crippen molar-refractivity contribution in [2.75, 3.05) is 0 Å². The number of carbonyl (C=O) groups is 1. The molecular weight excluding hydrogens is 191 g/mol. The maximum Gasteiger partial charge on any atom is 0.335 e. The molecule has 7 heteroatoms. The Bertz CT molecular complexity index is 289. The van der Waals surface area contributed by atoms with Crippen LogP contribution in [0.1, 0.15) is 12.8 Å². The normalized spacial score (nSPS) is 46.1. The summed E-state index contributed by atoms with van der Waals surface area (Å²) in [6.45, 7) is 0. The summed E-state index contributed by atoms with van der Waals surface area (Å²) >= 11 is 0. The molecule has 3 aliphatic rings. The van der Waals surface area contributed by atoms with Gasteiger partial charge in [-0.05, 0) is 18.2 Å². The minimum absolute atomic E-state index is 0.0244. The van der Waals surface area contributed by atoms with Gasteiger partial charge in [0.15, 0.2) is 5.60 Å². The second-order valence-electron chi connectivity index (χ2n) is 4.07. The number of carboxylic acids is 1. The first-order valence-electron chi connectivity index (χ1n) is 4.07. The zero-order valence-electron chi connectivity index (χ0n) is 7.17. The number of aliphatic carboxylic acids is 1. The van der Waals surface area contributed by atoms with Crippen LogP contribution in [-0.4, -0.2) is 51.9 Å². The van der Waals surface area contributed by atoms with Crippen molar-refractivity contribution in [3.8, 4) is 0 Å². The third-order valence-corrected chi connectivity index (χ3v) is 2.84. The highest BCUT2D eigenvalue weighted by Gasteiger charge is 2.72. The van der Waals surface area contributed by atoms with Gasteiger partial charge in [0.25, 0.3) is 0 Å². The lowest BCUT2D eigenvalue weighted by Crippen LogP contribution is -2.49. The minimum Gasteiger partial charge on any atom is -0.479 e. The zero-order valence-corrected chi connectivity index (χ0v) is 7.17. The second-order valence-corrected chi connectivity index (χ2v) is 4.07. The van der Waals surface area contributed by atoms with Crippen LogP contribution in [0.2, 0.25) is 5.31 Å². The Labute approximate surface area is 80.5 Å². The van der Waals surface area contributed by atoms with Crippen molar-refractivity contribution in [2.45, 2.75) is 35.8 Å². The first-order valence-corrected chi connectivity index (χ1v) is 4.07. The fourth-order valence-electron chi connectivity index (χ4n) is 2.29. The molecule has 1 unspecified atom stereocenters. The average Bonchev–Trinajstić information content (AvgIpc) is 2.35. The van der Waals surface area contributed by atoms with Crippen LogP contribution in [0.5, 0.6) is 0 Å². The van der Waals surface area contributed by atoms with Crippen LogP contribution >= 0.6 is 0 Å². The lowest BCUT2D eigenvalue weighted by molar-refractivity contribution is -0.356. The van der Waals surface area contributed by atoms with E-state index in [4.69, 9.17) is 33.0 Å². The van der Waals surface area contributed by atoms with Crippen LogP contribution in [0.25, 0.3) is 0 Å². The van der Waals surface area contributed by atoms with Crippen LogP contribution in [0.15, 0.2) is 0 Å². The van der Waals surface area contributed by atoms with E-state index in [1.165, 1.54) is 0 Å². The van der Waals surface area contributed by atoms with Crippen molar-refractivity contribution in [1.82, 2.24) is 0 Å². The van der Waals surface area contributed by atoms with Gasteiger partial charge in [0.05, 0.1) is 7.85 Å². The summed E-state index contributed by atoms with van der Waals surface area (Å²) in [6, 6.07) is 0. The molecule has 0 aromatic carbocycles. The predicted octanol–water partition coefficient (Wildman–Crippen LogP) is -2.04. The van der Waals surface area contributed by atoms with Crippen LogP contribution in [0.3, 0.4) is 0 Å². The van der Waals surface area contributed by atoms with Crippen LogP contribution in [0, 0.1) is 0 Å². The van der Waals surface area contributed by atoms with E-state index in [1.807, 2.05) is 0 Å². The van der Waals surface area contributed by atoms with E-state index in [9.17, 15) is 4.79 Å². The van der Waals surface area contributed by atoms with Gasteiger partial charge in [-0.1, -0.05) is 0 Å². The first kappa shape index (κ1) is 9.91. The molecule has 2 saturated heterocycles. The average molecular weight is 200 g/mol. The Kier molecular flexibility index (Phi) is 1.63. The number of hydrogen-bond acceptors (Lipinski definition) is 5. The highest BCUT2D eigenvalue weighted by Crippen LogP contribution is 2.66. The van der Waals surface area contributed by atoms with Gasteiger partial charge in [0.2, 0.25) is 0 Å². The molecule has 0 spiro atoms. The van der Waals surface area contributed by atoms with Crippen molar-refractivity contribution in [1.29, 1.82) is 0 Å². The molecule has 2 aliphatic heterocycles. The summed E-state index contributed by atoms with van der Waals surface area (Å²) < 4.78 is 4.88. The molecule has 76 valence electrons. The molecule has 0 aromatic heterocycles. The lowest BCUT2D eigenvalue weighted by atomic mass is 9.49. The summed E-state index contributed by atoms with van der Waals surface area (Å²) in [5.41, 5.74) is -1.46. The highest BCUT2D eigenvalue weighted by atomic mass is 16.7. The molecule has 2 radical (unpaired) electrons. The van der Waals surface area contributed by atoms with E-state index >= 15 is 0 Å². The van der Waals surface area contributed by atoms with Gasteiger partial charge in [0.1, 0.15) is 6.10 Å². The molecule has 1 saturated carbocycles. The summed E-state index contributed by atoms with van der Waals surface area (Å²) in [5, 5.41) is 34.3. The van der Waals surface area contributed by atoms with Gasteiger partial charge in [-0.25, -0.2) is 4.79 Å². The molecular formula is C7H9BO6. The van der Waals surface area contributed by atoms with E-state index in [1.54, 1.807) is 0 Å². The monoisotopic (exact) mass is 200 g/mol. The fraction of sp³-hybridized carbons (Fsp3) is 0.857. The minimum atomic E-state index is -3.09. The SMILES string of the molecule is [B]C12CC(C(=O)O)(C1)OC2C(O)(O)O. The van der Waals surface area contributed by atoms with Crippen molar-refractivity contribution in [2.24, 2.45) is 0 Å². The summed E-state index contributed by atoms with van der Waals surface area (Å²) in [7, 11) is 5.63. The van der Waals surface area contributed by atoms with E-state index in [0.29, 0.717) is 0 Å². The third-order valence-electron chi connectivity index (χ3n) is 2.84. The molecule has 0 amide bonds. The van der Waals surface area contributed by atoms with Crippen LogP contribution < -0.4 is 0 Å². The molecule has 0 aromatic rings. The van der Waals surface area contributed by atoms with Gasteiger partial charge in [-0.2, -0.15) is 0 Å². The predicted molar refractivity (Wildman–Crippen MR) is 42.3 cm³/mol. The van der Waals surface area contributed by atoms with Crippen molar-refractivity contribution >= 4 is 13.8 Å². The second kappa shape index (κ2) is 2.30. The summed E-state index contributed by atoms with van der Waals surface area (Å²) in [4.78, 5) is 10.8. The van der Waals surface area contributed by atoms with Gasteiger partial charge in [0, 0.05) is 0 Å². The Morgan fingerprint density at radius 3 is 2.14 bits per heavy atom.